The van der Waals surface area contributed by atoms with Gasteiger partial charge in [-0.3, -0.25) is 19.2 Å². The van der Waals surface area contributed by atoms with Crippen molar-refractivity contribution in [3.05, 3.63) is 29.8 Å². The van der Waals surface area contributed by atoms with Crippen LogP contribution in [0, 0.1) is 11.8 Å². The van der Waals surface area contributed by atoms with Gasteiger partial charge in [-0.25, -0.2) is 0 Å². The molecule has 0 unspecified atom stereocenters. The summed E-state index contributed by atoms with van der Waals surface area (Å²) in [5, 5.41) is 8.00. The summed E-state index contributed by atoms with van der Waals surface area (Å²) < 4.78 is 34.0. The Morgan fingerprint density at radius 3 is 2.07 bits per heavy atom. The van der Waals surface area contributed by atoms with Crippen LogP contribution in [0.1, 0.15) is 84.1 Å². The van der Waals surface area contributed by atoms with Crippen molar-refractivity contribution < 1.29 is 32.7 Å². The van der Waals surface area contributed by atoms with E-state index in [2.05, 4.69) is 16.0 Å². The molecule has 1 saturated carbocycles. The smallest absolute Gasteiger partial charge is 0.319 e. The number of alkyl halides is 2. The summed E-state index contributed by atoms with van der Waals surface area (Å²) in [5.74, 6) is -6.06. The molecule has 0 radical (unpaired) electrons. The van der Waals surface area contributed by atoms with Crippen molar-refractivity contribution in [2.24, 2.45) is 17.6 Å². The van der Waals surface area contributed by atoms with Gasteiger partial charge >= 0.3 is 5.92 Å². The number of benzene rings is 1. The Bertz CT molecular complexity index is 1040. The van der Waals surface area contributed by atoms with Gasteiger partial charge in [0.25, 0.3) is 0 Å². The highest BCUT2D eigenvalue weighted by molar-refractivity contribution is 5.97. The Labute approximate surface area is 260 Å². The standard InChI is InChI=1S/C31H48F2N4O5.ClH/c1-5-9-24(29(40)37-25(28(39)31(32,33)19-34)17-21-10-7-6-8-11-21)36-30(41)26(35-27(38)16-20(2)3)18-22-12-14-23(42-4)15-13-22;/h12-15,20-21,24-26H,5-11,16-19,34H2,1-4H3,(H,35,38)(H,36,41)(H,37,40);1H/t24-,25-,26-;/m0./s1. The number of rotatable bonds is 17. The van der Waals surface area contributed by atoms with Crippen LogP contribution in [0.25, 0.3) is 0 Å². The van der Waals surface area contributed by atoms with Crippen molar-refractivity contribution in [2.75, 3.05) is 13.7 Å². The summed E-state index contributed by atoms with van der Waals surface area (Å²) in [6.07, 6.45) is 5.72. The summed E-state index contributed by atoms with van der Waals surface area (Å²) >= 11 is 0. The fraction of sp³-hybridized carbons (Fsp3) is 0.677. The first-order chi connectivity index (χ1) is 19.9. The van der Waals surface area contributed by atoms with Gasteiger partial charge in [0, 0.05) is 12.8 Å². The molecule has 12 heteroatoms. The van der Waals surface area contributed by atoms with E-state index >= 15 is 0 Å². The number of carbonyl (C=O) groups is 4. The van der Waals surface area contributed by atoms with Gasteiger partial charge in [-0.1, -0.05) is 71.4 Å². The molecule has 0 spiro atoms. The van der Waals surface area contributed by atoms with Gasteiger partial charge in [0.2, 0.25) is 23.5 Å². The van der Waals surface area contributed by atoms with Crippen LogP contribution in [0.4, 0.5) is 8.78 Å². The molecule has 1 fully saturated rings. The van der Waals surface area contributed by atoms with E-state index in [4.69, 9.17) is 10.5 Å². The number of amides is 3. The number of nitrogens with two attached hydrogens (primary N) is 1. The number of hydrogen-bond acceptors (Lipinski definition) is 6. The number of carbonyl (C=O) groups excluding carboxylic acids is 4. The summed E-state index contributed by atoms with van der Waals surface area (Å²) in [6.45, 7) is 4.44. The fourth-order valence-corrected chi connectivity index (χ4v) is 5.28. The molecule has 1 aromatic rings. The van der Waals surface area contributed by atoms with E-state index in [1.807, 2.05) is 20.8 Å². The van der Waals surface area contributed by atoms with Crippen molar-refractivity contribution >= 4 is 35.9 Å². The Hall–Kier alpha value is -2.79. The van der Waals surface area contributed by atoms with Crippen LogP contribution in [-0.4, -0.2) is 61.2 Å². The second-order valence-electron chi connectivity index (χ2n) is 11.7. The van der Waals surface area contributed by atoms with E-state index in [1.165, 1.54) is 0 Å². The Morgan fingerprint density at radius 1 is 0.953 bits per heavy atom. The highest BCUT2D eigenvalue weighted by Gasteiger charge is 2.43. The third-order valence-electron chi connectivity index (χ3n) is 7.60. The van der Waals surface area contributed by atoms with Crippen LogP contribution >= 0.6 is 12.4 Å². The first-order valence-corrected chi connectivity index (χ1v) is 15.0. The minimum atomic E-state index is -3.78. The average Bonchev–Trinajstić information content (AvgIpc) is 2.96. The fourth-order valence-electron chi connectivity index (χ4n) is 5.28. The molecular weight excluding hydrogens is 582 g/mol. The number of hydrogen-bond donors (Lipinski definition) is 4. The second-order valence-corrected chi connectivity index (χ2v) is 11.7. The third kappa shape index (κ3) is 12.8. The van der Waals surface area contributed by atoms with E-state index < -0.39 is 48.2 Å². The molecule has 5 N–H and O–H groups in total. The minimum absolute atomic E-state index is 0. The zero-order chi connectivity index (χ0) is 31.3. The number of ether oxygens (including phenoxy) is 1. The summed E-state index contributed by atoms with van der Waals surface area (Å²) in [7, 11) is 1.54. The van der Waals surface area contributed by atoms with Crippen molar-refractivity contribution in [3.8, 4) is 5.75 Å². The largest absolute Gasteiger partial charge is 0.497 e. The van der Waals surface area contributed by atoms with Gasteiger partial charge in [-0.2, -0.15) is 8.78 Å². The predicted octanol–water partition coefficient (Wildman–Crippen LogP) is 4.09. The summed E-state index contributed by atoms with van der Waals surface area (Å²) in [4.78, 5) is 52.3. The lowest BCUT2D eigenvalue weighted by atomic mass is 9.83. The third-order valence-corrected chi connectivity index (χ3v) is 7.60. The Morgan fingerprint density at radius 2 is 1.53 bits per heavy atom. The highest BCUT2D eigenvalue weighted by atomic mass is 35.5. The van der Waals surface area contributed by atoms with E-state index in [-0.39, 0.29) is 55.8 Å². The average molecular weight is 631 g/mol. The Kier molecular flexibility index (Phi) is 16.7. The van der Waals surface area contributed by atoms with E-state index in [9.17, 15) is 28.0 Å². The quantitative estimate of drug-likeness (QED) is 0.204. The topological polar surface area (TPSA) is 140 Å². The van der Waals surface area contributed by atoms with Gasteiger partial charge in [0.05, 0.1) is 19.7 Å². The Balaban J connectivity index is 0.00000924. The van der Waals surface area contributed by atoms with Crippen LogP contribution in [0.5, 0.6) is 5.75 Å². The molecule has 244 valence electrons. The zero-order valence-corrected chi connectivity index (χ0v) is 26.6. The number of halogens is 3. The van der Waals surface area contributed by atoms with E-state index in [1.54, 1.807) is 31.4 Å². The maximum atomic E-state index is 14.4. The van der Waals surface area contributed by atoms with Crippen molar-refractivity contribution in [2.45, 2.75) is 109 Å². The minimum Gasteiger partial charge on any atom is -0.497 e. The van der Waals surface area contributed by atoms with E-state index in [0.717, 1.165) is 37.7 Å². The number of ketones is 1. The van der Waals surface area contributed by atoms with Gasteiger partial charge in [0.15, 0.2) is 0 Å². The molecule has 0 saturated heterocycles. The molecule has 0 bridgehead atoms. The van der Waals surface area contributed by atoms with Crippen molar-refractivity contribution in [1.82, 2.24) is 16.0 Å². The molecule has 3 atom stereocenters. The lowest BCUT2D eigenvalue weighted by Crippen LogP contribution is -2.58. The molecule has 1 aliphatic rings. The number of methoxy groups -OCH3 is 1. The van der Waals surface area contributed by atoms with Gasteiger partial charge in [-0.05, 0) is 42.4 Å². The van der Waals surface area contributed by atoms with Crippen LogP contribution in [-0.2, 0) is 25.6 Å². The molecule has 1 aliphatic carbocycles. The molecule has 1 aromatic carbocycles. The second kappa shape index (κ2) is 18.8. The maximum Gasteiger partial charge on any atom is 0.319 e. The SMILES string of the molecule is CCC[C@H](NC(=O)[C@H](Cc1ccc(OC)cc1)NC(=O)CC(C)C)C(=O)N[C@@H](CC1CCCCC1)C(=O)C(F)(F)CN.Cl. The van der Waals surface area contributed by atoms with Crippen LogP contribution in [0.2, 0.25) is 0 Å². The first-order valence-electron chi connectivity index (χ1n) is 15.0. The number of nitrogens with one attached hydrogen (secondary N) is 3. The van der Waals surface area contributed by atoms with Gasteiger partial charge in [-0.15, -0.1) is 12.4 Å². The molecular formula is C31H49ClF2N4O5. The maximum absolute atomic E-state index is 14.4. The van der Waals surface area contributed by atoms with Crippen LogP contribution < -0.4 is 26.4 Å². The first kappa shape index (κ1) is 38.2. The van der Waals surface area contributed by atoms with Gasteiger partial charge < -0.3 is 26.4 Å². The normalized spacial score (nSPS) is 15.9. The summed E-state index contributed by atoms with van der Waals surface area (Å²) in [6, 6.07) is 3.55. The zero-order valence-electron chi connectivity index (χ0n) is 25.8. The predicted molar refractivity (Wildman–Crippen MR) is 164 cm³/mol. The van der Waals surface area contributed by atoms with Crippen molar-refractivity contribution in [3.63, 3.8) is 0 Å². The van der Waals surface area contributed by atoms with Crippen LogP contribution in [0.15, 0.2) is 24.3 Å². The molecule has 0 aliphatic heterocycles. The molecule has 2 rings (SSSR count). The lowest BCUT2D eigenvalue weighted by molar-refractivity contribution is -0.146. The molecule has 0 heterocycles. The molecule has 0 aromatic heterocycles. The molecule has 9 nitrogen and oxygen atoms in total. The monoisotopic (exact) mass is 630 g/mol. The molecule has 3 amide bonds. The van der Waals surface area contributed by atoms with Gasteiger partial charge in [0.1, 0.15) is 17.8 Å². The van der Waals surface area contributed by atoms with Crippen molar-refractivity contribution in [1.29, 1.82) is 0 Å². The highest BCUT2D eigenvalue weighted by Crippen LogP contribution is 2.29. The van der Waals surface area contributed by atoms with E-state index in [0.29, 0.717) is 12.2 Å². The lowest BCUT2D eigenvalue weighted by Gasteiger charge is -2.30. The number of Topliss-reactive ketones (excluding diaryl/α,β-unsaturated/α-hetero) is 1. The summed E-state index contributed by atoms with van der Waals surface area (Å²) in [5.41, 5.74) is 5.95. The molecule has 43 heavy (non-hydrogen) atoms. The van der Waals surface area contributed by atoms with Crippen LogP contribution in [0.3, 0.4) is 0 Å².